The number of hydrogen-bond donors (Lipinski definition) is 1. The third kappa shape index (κ3) is 3.55. The van der Waals surface area contributed by atoms with Crippen LogP contribution < -0.4 is 10.2 Å². The van der Waals surface area contributed by atoms with Crippen molar-refractivity contribution in [2.75, 3.05) is 24.3 Å². The summed E-state index contributed by atoms with van der Waals surface area (Å²) in [5.41, 5.74) is 1.88. The molecule has 0 unspecified atom stereocenters. The zero-order valence-corrected chi connectivity index (χ0v) is 11.7. The van der Waals surface area contributed by atoms with Crippen LogP contribution in [0.3, 0.4) is 0 Å². The Balaban J connectivity index is 1.96. The Morgan fingerprint density at radius 3 is 2.40 bits per heavy atom. The van der Waals surface area contributed by atoms with E-state index in [1.807, 2.05) is 25.1 Å². The van der Waals surface area contributed by atoms with E-state index in [4.69, 9.17) is 0 Å². The summed E-state index contributed by atoms with van der Waals surface area (Å²) >= 11 is 0. The van der Waals surface area contributed by atoms with E-state index < -0.39 is 12.1 Å². The smallest absolute Gasteiger partial charge is 0.379 e. The van der Waals surface area contributed by atoms with Crippen molar-refractivity contribution >= 4 is 11.4 Å². The Morgan fingerprint density at radius 1 is 1.20 bits per heavy atom. The molecule has 0 spiro atoms. The number of rotatable bonds is 3. The Morgan fingerprint density at radius 2 is 1.85 bits per heavy atom. The van der Waals surface area contributed by atoms with E-state index in [2.05, 4.69) is 10.3 Å². The largest absolute Gasteiger partial charge is 0.391 e. The van der Waals surface area contributed by atoms with Crippen LogP contribution in [0.15, 0.2) is 18.5 Å². The van der Waals surface area contributed by atoms with Crippen molar-refractivity contribution < 1.29 is 13.2 Å². The van der Waals surface area contributed by atoms with E-state index in [-0.39, 0.29) is 18.9 Å². The van der Waals surface area contributed by atoms with Gasteiger partial charge in [0.25, 0.3) is 0 Å². The minimum atomic E-state index is -4.05. The fraction of sp³-hybridized carbons (Fsp3) is 0.643. The van der Waals surface area contributed by atoms with Crippen molar-refractivity contribution in [3.05, 3.63) is 18.5 Å². The number of pyridine rings is 1. The highest BCUT2D eigenvalue weighted by Gasteiger charge is 2.41. The third-order valence-electron chi connectivity index (χ3n) is 3.83. The van der Waals surface area contributed by atoms with Crippen LogP contribution in [0.5, 0.6) is 0 Å². The highest BCUT2D eigenvalue weighted by atomic mass is 19.4. The number of anilines is 2. The summed E-state index contributed by atoms with van der Waals surface area (Å²) in [7, 11) is 3.86. The summed E-state index contributed by atoms with van der Waals surface area (Å²) in [6.07, 6.45) is 0.898. The Labute approximate surface area is 117 Å². The molecule has 1 N–H and O–H groups in total. The maximum absolute atomic E-state index is 12.6. The van der Waals surface area contributed by atoms with E-state index in [0.29, 0.717) is 12.8 Å². The van der Waals surface area contributed by atoms with Gasteiger partial charge in [-0.05, 0) is 31.7 Å². The van der Waals surface area contributed by atoms with Crippen molar-refractivity contribution in [1.82, 2.24) is 4.98 Å². The van der Waals surface area contributed by atoms with Gasteiger partial charge in [-0.1, -0.05) is 0 Å². The van der Waals surface area contributed by atoms with Gasteiger partial charge in [0.15, 0.2) is 0 Å². The second-order valence-electron chi connectivity index (χ2n) is 5.52. The lowest BCUT2D eigenvalue weighted by Gasteiger charge is -2.31. The lowest BCUT2D eigenvalue weighted by atomic mass is 9.85. The van der Waals surface area contributed by atoms with Crippen LogP contribution in [-0.4, -0.2) is 31.3 Å². The van der Waals surface area contributed by atoms with Crippen LogP contribution in [0, 0.1) is 5.92 Å². The maximum Gasteiger partial charge on any atom is 0.391 e. The molecule has 0 aromatic carbocycles. The van der Waals surface area contributed by atoms with Crippen LogP contribution in [0.25, 0.3) is 0 Å². The second kappa shape index (κ2) is 5.89. The van der Waals surface area contributed by atoms with Gasteiger partial charge in [0, 0.05) is 26.3 Å². The molecule has 1 aliphatic carbocycles. The lowest BCUT2D eigenvalue weighted by Crippen LogP contribution is -2.33. The molecule has 1 fully saturated rings. The van der Waals surface area contributed by atoms with Crippen LogP contribution in [-0.2, 0) is 0 Å². The molecule has 3 nitrogen and oxygen atoms in total. The zero-order chi connectivity index (χ0) is 14.8. The predicted octanol–water partition coefficient (Wildman–Crippen LogP) is 3.68. The molecule has 112 valence electrons. The van der Waals surface area contributed by atoms with Crippen molar-refractivity contribution in [1.29, 1.82) is 0 Å². The van der Waals surface area contributed by atoms with Gasteiger partial charge in [-0.15, -0.1) is 0 Å². The van der Waals surface area contributed by atoms with Gasteiger partial charge in [-0.3, -0.25) is 4.98 Å². The number of alkyl halides is 3. The molecular weight excluding hydrogens is 267 g/mol. The molecule has 0 aliphatic heterocycles. The summed E-state index contributed by atoms with van der Waals surface area (Å²) in [6, 6.07) is 1.99. The molecule has 0 radical (unpaired) electrons. The molecule has 0 saturated heterocycles. The zero-order valence-electron chi connectivity index (χ0n) is 11.7. The Bertz CT molecular complexity index is 438. The molecule has 1 heterocycles. The highest BCUT2D eigenvalue weighted by Crippen LogP contribution is 2.38. The summed E-state index contributed by atoms with van der Waals surface area (Å²) in [5, 5.41) is 3.33. The predicted molar refractivity (Wildman–Crippen MR) is 74.0 cm³/mol. The first kappa shape index (κ1) is 14.9. The molecule has 0 bridgehead atoms. The first-order chi connectivity index (χ1) is 9.38. The van der Waals surface area contributed by atoms with Crippen molar-refractivity contribution in [2.24, 2.45) is 5.92 Å². The summed E-state index contributed by atoms with van der Waals surface area (Å²) in [5.74, 6) is -1.14. The maximum atomic E-state index is 12.6. The van der Waals surface area contributed by atoms with Crippen molar-refractivity contribution in [3.63, 3.8) is 0 Å². The number of halogens is 3. The summed E-state index contributed by atoms with van der Waals surface area (Å²) in [4.78, 5) is 6.04. The molecule has 20 heavy (non-hydrogen) atoms. The molecule has 1 aromatic heterocycles. The van der Waals surface area contributed by atoms with Gasteiger partial charge in [-0.25, -0.2) is 0 Å². The monoisotopic (exact) mass is 287 g/mol. The number of hydrogen-bond acceptors (Lipinski definition) is 3. The highest BCUT2D eigenvalue weighted by molar-refractivity contribution is 5.68. The van der Waals surface area contributed by atoms with E-state index in [9.17, 15) is 13.2 Å². The van der Waals surface area contributed by atoms with Crippen LogP contribution in [0.1, 0.15) is 25.7 Å². The Hall–Kier alpha value is -1.46. The fourth-order valence-corrected chi connectivity index (χ4v) is 2.67. The van der Waals surface area contributed by atoms with Crippen molar-refractivity contribution in [3.8, 4) is 0 Å². The number of aromatic nitrogens is 1. The van der Waals surface area contributed by atoms with E-state index >= 15 is 0 Å². The van der Waals surface area contributed by atoms with Crippen LogP contribution in [0.4, 0.5) is 24.5 Å². The standard InChI is InChI=1S/C14H20F3N3/c1-20(2)13-7-8-18-9-12(13)19-11-5-3-10(4-6-11)14(15,16)17/h7-11,19H,3-6H2,1-2H3. The second-order valence-corrected chi connectivity index (χ2v) is 5.52. The molecule has 2 rings (SSSR count). The van der Waals surface area contributed by atoms with E-state index in [1.54, 1.807) is 12.4 Å². The van der Waals surface area contributed by atoms with Gasteiger partial charge in [0.1, 0.15) is 0 Å². The van der Waals surface area contributed by atoms with Gasteiger partial charge in [0.2, 0.25) is 0 Å². The third-order valence-corrected chi connectivity index (χ3v) is 3.83. The van der Waals surface area contributed by atoms with Gasteiger partial charge in [-0.2, -0.15) is 13.2 Å². The summed E-state index contributed by atoms with van der Waals surface area (Å²) in [6.45, 7) is 0. The first-order valence-electron chi connectivity index (χ1n) is 6.82. The number of nitrogens with zero attached hydrogens (tertiary/aromatic N) is 2. The van der Waals surface area contributed by atoms with Crippen molar-refractivity contribution in [2.45, 2.75) is 37.9 Å². The van der Waals surface area contributed by atoms with Gasteiger partial charge >= 0.3 is 6.18 Å². The molecule has 0 atom stereocenters. The SMILES string of the molecule is CN(C)c1ccncc1NC1CCC(C(F)(F)F)CC1. The molecule has 1 aromatic rings. The van der Waals surface area contributed by atoms with Crippen LogP contribution in [0.2, 0.25) is 0 Å². The fourth-order valence-electron chi connectivity index (χ4n) is 2.67. The molecule has 1 saturated carbocycles. The van der Waals surface area contributed by atoms with E-state index in [1.165, 1.54) is 0 Å². The average molecular weight is 287 g/mol. The normalized spacial score (nSPS) is 23.4. The van der Waals surface area contributed by atoms with E-state index in [0.717, 1.165) is 11.4 Å². The van der Waals surface area contributed by atoms with Gasteiger partial charge < -0.3 is 10.2 Å². The molecule has 6 heteroatoms. The summed E-state index contributed by atoms with van der Waals surface area (Å²) < 4.78 is 37.9. The first-order valence-corrected chi connectivity index (χ1v) is 6.82. The Kier molecular flexibility index (Phi) is 4.40. The minimum absolute atomic E-state index is 0.0940. The lowest BCUT2D eigenvalue weighted by molar-refractivity contribution is -0.182. The molecule has 0 amide bonds. The molecule has 1 aliphatic rings. The number of nitrogens with one attached hydrogen (secondary N) is 1. The minimum Gasteiger partial charge on any atom is -0.379 e. The topological polar surface area (TPSA) is 28.2 Å². The van der Waals surface area contributed by atoms with Crippen LogP contribution >= 0.6 is 0 Å². The average Bonchev–Trinajstić information content (AvgIpc) is 2.38. The molecular formula is C14H20F3N3. The van der Waals surface area contributed by atoms with Gasteiger partial charge in [0.05, 0.1) is 23.5 Å². The quantitative estimate of drug-likeness (QED) is 0.919.